The standard InChI is InChI=1S/C13H15F2N3O2S/c14-13(15)21(19,20)12-4-2-11(3-5-12)17-6-1-8-18-9-7-16-10-18/h2-5,7,9-10,13,17H,1,6,8H2. The van der Waals surface area contributed by atoms with Crippen LogP contribution in [0.4, 0.5) is 14.5 Å². The maximum atomic E-state index is 12.4. The van der Waals surface area contributed by atoms with Crippen LogP contribution < -0.4 is 5.32 Å². The van der Waals surface area contributed by atoms with Crippen molar-refractivity contribution in [1.82, 2.24) is 9.55 Å². The highest BCUT2D eigenvalue weighted by molar-refractivity contribution is 7.91. The van der Waals surface area contributed by atoms with E-state index in [0.717, 1.165) is 13.0 Å². The first-order valence-electron chi connectivity index (χ1n) is 6.32. The van der Waals surface area contributed by atoms with Crippen LogP contribution in [-0.2, 0) is 16.4 Å². The number of sulfone groups is 1. The number of aromatic nitrogens is 2. The summed E-state index contributed by atoms with van der Waals surface area (Å²) in [6.07, 6.45) is 6.15. The highest BCUT2D eigenvalue weighted by Crippen LogP contribution is 2.20. The number of nitrogens with one attached hydrogen (secondary N) is 1. The third-order valence-electron chi connectivity index (χ3n) is 2.90. The Morgan fingerprint density at radius 2 is 1.95 bits per heavy atom. The zero-order valence-electron chi connectivity index (χ0n) is 11.1. The zero-order valence-corrected chi connectivity index (χ0v) is 11.9. The molecular formula is C13H15F2N3O2S. The number of alkyl halides is 2. The van der Waals surface area contributed by atoms with Crippen molar-refractivity contribution >= 4 is 15.5 Å². The van der Waals surface area contributed by atoms with Gasteiger partial charge in [-0.2, -0.15) is 8.78 Å². The zero-order chi connectivity index (χ0) is 15.3. The Kier molecular flexibility index (Phi) is 4.89. The number of hydrogen-bond donors (Lipinski definition) is 1. The fourth-order valence-corrected chi connectivity index (χ4v) is 2.50. The number of hydrogen-bond acceptors (Lipinski definition) is 4. The van der Waals surface area contributed by atoms with Gasteiger partial charge in [0.2, 0.25) is 9.84 Å². The van der Waals surface area contributed by atoms with Gasteiger partial charge in [0.25, 0.3) is 0 Å². The summed E-state index contributed by atoms with van der Waals surface area (Å²) in [5, 5.41) is 3.10. The van der Waals surface area contributed by atoms with Crippen LogP contribution in [0.5, 0.6) is 0 Å². The van der Waals surface area contributed by atoms with Crippen LogP contribution in [0.25, 0.3) is 0 Å². The van der Waals surface area contributed by atoms with Crippen LogP contribution in [0.15, 0.2) is 47.9 Å². The van der Waals surface area contributed by atoms with E-state index in [4.69, 9.17) is 0 Å². The smallest absolute Gasteiger partial charge is 0.341 e. The average Bonchev–Trinajstić information content (AvgIpc) is 2.97. The summed E-state index contributed by atoms with van der Waals surface area (Å²) >= 11 is 0. The number of aryl methyl sites for hydroxylation is 1. The fraction of sp³-hybridized carbons (Fsp3) is 0.308. The van der Waals surface area contributed by atoms with Gasteiger partial charge in [-0.3, -0.25) is 0 Å². The molecule has 21 heavy (non-hydrogen) atoms. The van der Waals surface area contributed by atoms with Crippen molar-refractivity contribution in [3.63, 3.8) is 0 Å². The summed E-state index contributed by atoms with van der Waals surface area (Å²) in [4.78, 5) is 3.56. The van der Waals surface area contributed by atoms with E-state index >= 15 is 0 Å². The molecule has 0 atom stereocenters. The van der Waals surface area contributed by atoms with Crippen LogP contribution in [0.1, 0.15) is 6.42 Å². The number of nitrogens with zero attached hydrogens (tertiary/aromatic N) is 2. The fourth-order valence-electron chi connectivity index (χ4n) is 1.78. The van der Waals surface area contributed by atoms with E-state index in [1.54, 1.807) is 12.5 Å². The molecule has 0 bridgehead atoms. The Hall–Kier alpha value is -1.96. The number of halogens is 2. The molecule has 0 spiro atoms. The van der Waals surface area contributed by atoms with Crippen molar-refractivity contribution in [2.24, 2.45) is 0 Å². The second kappa shape index (κ2) is 6.66. The Morgan fingerprint density at radius 1 is 1.24 bits per heavy atom. The number of benzene rings is 1. The minimum atomic E-state index is -4.52. The van der Waals surface area contributed by atoms with Crippen molar-refractivity contribution in [3.8, 4) is 0 Å². The van der Waals surface area contributed by atoms with Gasteiger partial charge in [0.15, 0.2) is 0 Å². The predicted molar refractivity (Wildman–Crippen MR) is 75.0 cm³/mol. The minimum Gasteiger partial charge on any atom is -0.385 e. The van der Waals surface area contributed by atoms with Gasteiger partial charge in [-0.15, -0.1) is 0 Å². The second-order valence-electron chi connectivity index (χ2n) is 4.41. The molecule has 1 N–H and O–H groups in total. The molecule has 1 aromatic carbocycles. The second-order valence-corrected chi connectivity index (χ2v) is 6.33. The lowest BCUT2D eigenvalue weighted by molar-refractivity contribution is 0.234. The largest absolute Gasteiger partial charge is 0.385 e. The van der Waals surface area contributed by atoms with Crippen molar-refractivity contribution in [3.05, 3.63) is 43.0 Å². The van der Waals surface area contributed by atoms with Gasteiger partial charge in [-0.1, -0.05) is 0 Å². The topological polar surface area (TPSA) is 64.0 Å². The SMILES string of the molecule is O=S(=O)(c1ccc(NCCCn2ccnc2)cc1)C(F)F. The molecule has 5 nitrogen and oxygen atoms in total. The minimum absolute atomic E-state index is 0.374. The molecule has 0 aliphatic heterocycles. The van der Waals surface area contributed by atoms with E-state index in [9.17, 15) is 17.2 Å². The molecular weight excluding hydrogens is 300 g/mol. The molecule has 0 amide bonds. The van der Waals surface area contributed by atoms with Crippen molar-refractivity contribution in [2.75, 3.05) is 11.9 Å². The van der Waals surface area contributed by atoms with Crippen LogP contribution >= 0.6 is 0 Å². The molecule has 0 saturated heterocycles. The summed E-state index contributed by atoms with van der Waals surface area (Å²) < 4.78 is 49.2. The summed E-state index contributed by atoms with van der Waals surface area (Å²) in [6.45, 7) is 1.49. The van der Waals surface area contributed by atoms with Gasteiger partial charge < -0.3 is 9.88 Å². The van der Waals surface area contributed by atoms with E-state index in [-0.39, 0.29) is 4.90 Å². The lowest BCUT2D eigenvalue weighted by atomic mass is 10.3. The summed E-state index contributed by atoms with van der Waals surface area (Å²) in [5.41, 5.74) is 0.689. The van der Waals surface area contributed by atoms with Crippen molar-refractivity contribution in [2.45, 2.75) is 23.6 Å². The highest BCUT2D eigenvalue weighted by atomic mass is 32.2. The van der Waals surface area contributed by atoms with Gasteiger partial charge in [-0.05, 0) is 30.7 Å². The normalized spacial score (nSPS) is 11.8. The van der Waals surface area contributed by atoms with E-state index < -0.39 is 15.6 Å². The summed E-state index contributed by atoms with van der Waals surface area (Å²) in [5.74, 6) is -3.40. The number of rotatable bonds is 7. The van der Waals surface area contributed by atoms with Gasteiger partial charge in [-0.25, -0.2) is 13.4 Å². The maximum absolute atomic E-state index is 12.4. The Labute approximate surface area is 121 Å². The van der Waals surface area contributed by atoms with E-state index in [0.29, 0.717) is 12.2 Å². The third kappa shape index (κ3) is 4.01. The molecule has 8 heteroatoms. The molecule has 0 radical (unpaired) electrons. The van der Waals surface area contributed by atoms with Gasteiger partial charge in [0, 0.05) is 31.2 Å². The van der Waals surface area contributed by atoms with Gasteiger partial charge >= 0.3 is 5.76 Å². The van der Waals surface area contributed by atoms with Gasteiger partial charge in [0.05, 0.1) is 11.2 Å². The highest BCUT2D eigenvalue weighted by Gasteiger charge is 2.26. The molecule has 1 aromatic heterocycles. The Morgan fingerprint density at radius 3 is 2.52 bits per heavy atom. The molecule has 0 aliphatic rings. The molecule has 0 aliphatic carbocycles. The molecule has 1 heterocycles. The quantitative estimate of drug-likeness (QED) is 0.797. The van der Waals surface area contributed by atoms with Crippen molar-refractivity contribution < 1.29 is 17.2 Å². The molecule has 0 saturated carbocycles. The predicted octanol–water partition coefficient (Wildman–Crippen LogP) is 2.38. The Balaban J connectivity index is 1.85. The Bertz CT molecular complexity index is 655. The van der Waals surface area contributed by atoms with Crippen LogP contribution in [0.2, 0.25) is 0 Å². The molecule has 114 valence electrons. The first-order valence-corrected chi connectivity index (χ1v) is 7.86. The van der Waals surface area contributed by atoms with Crippen LogP contribution in [0, 0.1) is 0 Å². The average molecular weight is 315 g/mol. The van der Waals surface area contributed by atoms with Crippen LogP contribution in [0.3, 0.4) is 0 Å². The van der Waals surface area contributed by atoms with E-state index in [2.05, 4.69) is 10.3 Å². The number of imidazole rings is 1. The molecule has 2 rings (SSSR count). The lowest BCUT2D eigenvalue weighted by Crippen LogP contribution is -2.11. The monoisotopic (exact) mass is 315 g/mol. The van der Waals surface area contributed by atoms with Crippen LogP contribution in [-0.4, -0.2) is 30.3 Å². The lowest BCUT2D eigenvalue weighted by Gasteiger charge is -2.08. The number of anilines is 1. The summed E-state index contributed by atoms with van der Waals surface area (Å²) in [6, 6.07) is 5.32. The van der Waals surface area contributed by atoms with E-state index in [1.807, 2.05) is 10.8 Å². The summed E-state index contributed by atoms with van der Waals surface area (Å²) in [7, 11) is -4.52. The van der Waals surface area contributed by atoms with Gasteiger partial charge in [0.1, 0.15) is 0 Å². The van der Waals surface area contributed by atoms with Crippen molar-refractivity contribution in [1.29, 1.82) is 0 Å². The third-order valence-corrected chi connectivity index (χ3v) is 4.30. The molecule has 0 fully saturated rings. The maximum Gasteiger partial charge on any atom is 0.341 e. The molecule has 2 aromatic rings. The molecule has 0 unspecified atom stereocenters. The first kappa shape index (κ1) is 15.4. The first-order chi connectivity index (χ1) is 10.00. The van der Waals surface area contributed by atoms with E-state index in [1.165, 1.54) is 24.3 Å².